The molecule has 1 N–H and O–H groups in total. The van der Waals surface area contributed by atoms with Crippen molar-refractivity contribution in [3.63, 3.8) is 0 Å². The number of benzene rings is 2. The van der Waals surface area contributed by atoms with Gasteiger partial charge in [0.25, 0.3) is 0 Å². The first-order valence-corrected chi connectivity index (χ1v) is 10.0. The highest BCUT2D eigenvalue weighted by atomic mass is 16.5. The Morgan fingerprint density at radius 3 is 2.39 bits per heavy atom. The van der Waals surface area contributed by atoms with Gasteiger partial charge in [-0.3, -0.25) is 4.79 Å². The minimum atomic E-state index is -0.716. The van der Waals surface area contributed by atoms with Crippen LogP contribution in [0, 0.1) is 0 Å². The molecule has 1 aliphatic carbocycles. The number of aliphatic carboxylic acids is 1. The van der Waals surface area contributed by atoms with Crippen molar-refractivity contribution in [1.82, 2.24) is 0 Å². The van der Waals surface area contributed by atoms with Crippen molar-refractivity contribution in [2.75, 3.05) is 14.2 Å². The van der Waals surface area contributed by atoms with E-state index in [0.29, 0.717) is 5.92 Å². The van der Waals surface area contributed by atoms with Crippen LogP contribution >= 0.6 is 0 Å². The monoisotopic (exact) mass is 382 g/mol. The lowest BCUT2D eigenvalue weighted by atomic mass is 9.60. The summed E-state index contributed by atoms with van der Waals surface area (Å²) in [4.78, 5) is 10.9. The van der Waals surface area contributed by atoms with E-state index < -0.39 is 5.97 Å². The largest absolute Gasteiger partial charge is 0.497 e. The van der Waals surface area contributed by atoms with E-state index in [0.717, 1.165) is 43.6 Å². The Hall–Kier alpha value is -2.49. The second-order valence-electron chi connectivity index (χ2n) is 7.90. The number of unbranched alkanes of at least 4 members (excludes halogenated alkanes) is 1. The summed E-state index contributed by atoms with van der Waals surface area (Å²) in [5, 5.41) is 8.97. The second kappa shape index (κ2) is 8.68. The summed E-state index contributed by atoms with van der Waals surface area (Å²) < 4.78 is 10.8. The molecule has 2 unspecified atom stereocenters. The summed E-state index contributed by atoms with van der Waals surface area (Å²) in [5.41, 5.74) is 4.06. The van der Waals surface area contributed by atoms with Crippen molar-refractivity contribution in [3.05, 3.63) is 59.2 Å². The number of carbonyl (C=O) groups is 1. The van der Waals surface area contributed by atoms with E-state index in [1.54, 1.807) is 14.2 Å². The molecule has 0 fully saturated rings. The van der Waals surface area contributed by atoms with E-state index in [1.807, 2.05) is 18.2 Å². The number of rotatable bonds is 8. The van der Waals surface area contributed by atoms with Gasteiger partial charge >= 0.3 is 5.97 Å². The highest BCUT2D eigenvalue weighted by molar-refractivity contribution is 5.66. The van der Waals surface area contributed by atoms with Crippen molar-refractivity contribution in [3.8, 4) is 11.5 Å². The molecule has 0 spiro atoms. The fourth-order valence-corrected chi connectivity index (χ4v) is 4.59. The zero-order valence-corrected chi connectivity index (χ0v) is 17.0. The molecule has 0 aliphatic heterocycles. The molecule has 28 heavy (non-hydrogen) atoms. The van der Waals surface area contributed by atoms with Gasteiger partial charge in [0.1, 0.15) is 11.5 Å². The van der Waals surface area contributed by atoms with Crippen LogP contribution in [0.2, 0.25) is 0 Å². The minimum absolute atomic E-state index is 0.0110. The molecular formula is C24H30O4. The van der Waals surface area contributed by atoms with Crippen molar-refractivity contribution in [2.45, 2.75) is 56.8 Å². The molecule has 0 saturated carbocycles. The average molecular weight is 383 g/mol. The van der Waals surface area contributed by atoms with E-state index in [-0.39, 0.29) is 11.8 Å². The summed E-state index contributed by atoms with van der Waals surface area (Å²) in [6, 6.07) is 14.8. The summed E-state index contributed by atoms with van der Waals surface area (Å²) in [7, 11) is 3.39. The zero-order valence-electron chi connectivity index (χ0n) is 17.0. The fraction of sp³-hybridized carbons (Fsp3) is 0.458. The molecule has 2 atom stereocenters. The molecule has 3 rings (SSSR count). The Morgan fingerprint density at radius 1 is 1.07 bits per heavy atom. The Kier molecular flexibility index (Phi) is 6.28. The zero-order chi connectivity index (χ0) is 20.1. The topological polar surface area (TPSA) is 55.8 Å². The molecule has 2 aromatic rings. The number of hydrogen-bond acceptors (Lipinski definition) is 3. The quantitative estimate of drug-likeness (QED) is 0.627. The van der Waals surface area contributed by atoms with Crippen LogP contribution in [0.3, 0.4) is 0 Å². The van der Waals surface area contributed by atoms with E-state index in [2.05, 4.69) is 31.2 Å². The summed E-state index contributed by atoms with van der Waals surface area (Å²) in [6.07, 6.45) is 4.92. The summed E-state index contributed by atoms with van der Waals surface area (Å²) >= 11 is 0. The molecule has 0 heterocycles. The minimum Gasteiger partial charge on any atom is -0.497 e. The molecule has 0 aromatic heterocycles. The molecular weight excluding hydrogens is 352 g/mol. The van der Waals surface area contributed by atoms with Crippen LogP contribution in [0.5, 0.6) is 11.5 Å². The number of hydrogen-bond donors (Lipinski definition) is 1. The predicted molar refractivity (Wildman–Crippen MR) is 111 cm³/mol. The molecule has 2 aromatic carbocycles. The smallest absolute Gasteiger partial charge is 0.303 e. The molecule has 4 heteroatoms. The van der Waals surface area contributed by atoms with Crippen LogP contribution in [0.1, 0.15) is 61.6 Å². The van der Waals surface area contributed by atoms with Gasteiger partial charge in [-0.25, -0.2) is 0 Å². The predicted octanol–water partition coefficient (Wildman–Crippen LogP) is 5.34. The third-order valence-electron chi connectivity index (χ3n) is 6.29. The van der Waals surface area contributed by atoms with Crippen LogP contribution in [-0.2, 0) is 16.6 Å². The molecule has 0 radical (unpaired) electrons. The molecule has 4 nitrogen and oxygen atoms in total. The molecule has 0 saturated heterocycles. The highest BCUT2D eigenvalue weighted by Gasteiger charge is 2.40. The summed E-state index contributed by atoms with van der Waals surface area (Å²) in [6.45, 7) is 2.35. The maximum atomic E-state index is 10.9. The lowest BCUT2D eigenvalue weighted by molar-refractivity contribution is -0.137. The first kappa shape index (κ1) is 20.2. The maximum Gasteiger partial charge on any atom is 0.303 e. The number of carboxylic acids is 1. The molecule has 150 valence electrons. The first-order chi connectivity index (χ1) is 13.5. The van der Waals surface area contributed by atoms with Crippen molar-refractivity contribution >= 4 is 5.97 Å². The third-order valence-corrected chi connectivity index (χ3v) is 6.29. The number of aryl methyl sites for hydroxylation is 1. The van der Waals surface area contributed by atoms with Crippen LogP contribution in [0.25, 0.3) is 0 Å². The van der Waals surface area contributed by atoms with Gasteiger partial charge in [-0.05, 0) is 78.0 Å². The number of fused-ring (bicyclic) bond motifs is 1. The second-order valence-corrected chi connectivity index (χ2v) is 7.90. The number of methoxy groups -OCH3 is 2. The van der Waals surface area contributed by atoms with Gasteiger partial charge in [0.2, 0.25) is 0 Å². The Balaban J connectivity index is 1.93. The normalized spacial score (nSPS) is 21.0. The van der Waals surface area contributed by atoms with Crippen LogP contribution in [0.4, 0.5) is 0 Å². The van der Waals surface area contributed by atoms with Gasteiger partial charge in [0, 0.05) is 6.42 Å². The SMILES string of the molecule is COc1ccc(C2(C)CCc3cc(OC)ccc3C2CCCCC(=O)O)cc1. The number of ether oxygens (including phenoxy) is 2. The van der Waals surface area contributed by atoms with E-state index >= 15 is 0 Å². The van der Waals surface area contributed by atoms with Crippen LogP contribution in [0.15, 0.2) is 42.5 Å². The van der Waals surface area contributed by atoms with Gasteiger partial charge in [-0.15, -0.1) is 0 Å². The highest BCUT2D eigenvalue weighted by Crippen LogP contribution is 2.50. The fourth-order valence-electron chi connectivity index (χ4n) is 4.59. The van der Waals surface area contributed by atoms with Crippen LogP contribution < -0.4 is 9.47 Å². The van der Waals surface area contributed by atoms with E-state index in [4.69, 9.17) is 14.6 Å². The van der Waals surface area contributed by atoms with E-state index in [9.17, 15) is 4.79 Å². The lowest BCUT2D eigenvalue weighted by Gasteiger charge is -2.44. The number of carboxylic acid groups (broad SMARTS) is 1. The molecule has 0 amide bonds. The third kappa shape index (κ3) is 4.16. The standard InChI is InChI=1S/C24H30O4/c1-24(18-8-10-19(27-2)11-9-18)15-14-17-16-20(28-3)12-13-21(17)22(24)6-4-5-7-23(25)26/h8-13,16,22H,4-7,14-15H2,1-3H3,(H,25,26). The average Bonchev–Trinajstić information content (AvgIpc) is 2.72. The van der Waals surface area contributed by atoms with Crippen molar-refractivity contribution in [1.29, 1.82) is 0 Å². The van der Waals surface area contributed by atoms with Gasteiger partial charge in [0.05, 0.1) is 14.2 Å². The van der Waals surface area contributed by atoms with E-state index in [1.165, 1.54) is 16.7 Å². The van der Waals surface area contributed by atoms with Gasteiger partial charge in [-0.2, -0.15) is 0 Å². The Labute approximate surface area is 167 Å². The lowest BCUT2D eigenvalue weighted by Crippen LogP contribution is -2.35. The first-order valence-electron chi connectivity index (χ1n) is 10.0. The van der Waals surface area contributed by atoms with Crippen molar-refractivity contribution in [2.24, 2.45) is 0 Å². The molecule has 1 aliphatic rings. The van der Waals surface area contributed by atoms with Crippen molar-refractivity contribution < 1.29 is 19.4 Å². The van der Waals surface area contributed by atoms with Crippen LogP contribution in [-0.4, -0.2) is 25.3 Å². The molecule has 0 bridgehead atoms. The van der Waals surface area contributed by atoms with Gasteiger partial charge < -0.3 is 14.6 Å². The maximum absolute atomic E-state index is 10.9. The van der Waals surface area contributed by atoms with Gasteiger partial charge in [0.15, 0.2) is 0 Å². The Bertz CT molecular complexity index is 812. The Morgan fingerprint density at radius 2 is 1.75 bits per heavy atom. The summed E-state index contributed by atoms with van der Waals surface area (Å²) in [5.74, 6) is 1.40. The van der Waals surface area contributed by atoms with Gasteiger partial charge in [-0.1, -0.05) is 31.5 Å².